The van der Waals surface area contributed by atoms with Crippen LogP contribution in [0.2, 0.25) is 0 Å². The van der Waals surface area contributed by atoms with Gasteiger partial charge in [0.2, 0.25) is 0 Å². The first-order valence-electron chi connectivity index (χ1n) is 6.26. The van der Waals surface area contributed by atoms with E-state index in [0.29, 0.717) is 24.1 Å². The Balaban J connectivity index is 2.34. The Bertz CT molecular complexity index is 672. The number of aromatic nitrogens is 2. The van der Waals surface area contributed by atoms with Crippen molar-refractivity contribution in [3.8, 4) is 0 Å². The van der Waals surface area contributed by atoms with E-state index in [2.05, 4.69) is 16.9 Å². The standard InChI is InChI=1S/C13H16N2O3S/c1-3-8-7(2)11-12(18)14-9(15-13(11)19-8)5-4-6-10(16)17/h3-6H2,1-2H3,(H,16,17)(H,14,15,18). The molecule has 0 aromatic carbocycles. The molecule has 0 saturated heterocycles. The van der Waals surface area contributed by atoms with Gasteiger partial charge in [0.05, 0.1) is 5.39 Å². The van der Waals surface area contributed by atoms with E-state index in [0.717, 1.165) is 16.8 Å². The van der Waals surface area contributed by atoms with Crippen LogP contribution < -0.4 is 5.56 Å². The summed E-state index contributed by atoms with van der Waals surface area (Å²) in [4.78, 5) is 31.6. The van der Waals surface area contributed by atoms with Crippen molar-refractivity contribution < 1.29 is 9.90 Å². The predicted octanol–water partition coefficient (Wildman–Crippen LogP) is 2.26. The van der Waals surface area contributed by atoms with Gasteiger partial charge in [-0.25, -0.2) is 4.98 Å². The molecule has 0 radical (unpaired) electrons. The van der Waals surface area contributed by atoms with Crippen LogP contribution in [-0.2, 0) is 17.6 Å². The van der Waals surface area contributed by atoms with E-state index >= 15 is 0 Å². The van der Waals surface area contributed by atoms with E-state index in [1.807, 2.05) is 6.92 Å². The number of hydrogen-bond acceptors (Lipinski definition) is 4. The van der Waals surface area contributed by atoms with Crippen molar-refractivity contribution in [2.45, 2.75) is 39.5 Å². The predicted molar refractivity (Wildman–Crippen MR) is 74.9 cm³/mol. The Morgan fingerprint density at radius 3 is 2.84 bits per heavy atom. The quantitative estimate of drug-likeness (QED) is 0.880. The van der Waals surface area contributed by atoms with Crippen molar-refractivity contribution in [2.24, 2.45) is 0 Å². The highest BCUT2D eigenvalue weighted by atomic mass is 32.1. The minimum absolute atomic E-state index is 0.0887. The summed E-state index contributed by atoms with van der Waals surface area (Å²) >= 11 is 1.54. The lowest BCUT2D eigenvalue weighted by Gasteiger charge is -1.99. The topological polar surface area (TPSA) is 83.0 Å². The number of thiophene rings is 1. The van der Waals surface area contributed by atoms with Gasteiger partial charge < -0.3 is 10.1 Å². The number of rotatable bonds is 5. The molecular weight excluding hydrogens is 264 g/mol. The molecule has 2 aromatic heterocycles. The summed E-state index contributed by atoms with van der Waals surface area (Å²) < 4.78 is 0. The molecule has 0 unspecified atom stereocenters. The molecule has 0 atom stereocenters. The van der Waals surface area contributed by atoms with Gasteiger partial charge in [-0.05, 0) is 25.3 Å². The molecule has 0 spiro atoms. The van der Waals surface area contributed by atoms with Crippen molar-refractivity contribution in [3.63, 3.8) is 0 Å². The van der Waals surface area contributed by atoms with Gasteiger partial charge in [0, 0.05) is 17.7 Å². The van der Waals surface area contributed by atoms with Gasteiger partial charge in [-0.15, -0.1) is 11.3 Å². The largest absolute Gasteiger partial charge is 0.481 e. The number of carboxylic acid groups (broad SMARTS) is 1. The number of aryl methyl sites for hydroxylation is 3. The van der Waals surface area contributed by atoms with Crippen molar-refractivity contribution >= 4 is 27.5 Å². The van der Waals surface area contributed by atoms with E-state index in [1.165, 1.54) is 4.88 Å². The molecule has 6 heteroatoms. The summed E-state index contributed by atoms with van der Waals surface area (Å²) in [5.41, 5.74) is 0.886. The molecule has 0 fully saturated rings. The number of aromatic amines is 1. The number of aliphatic carboxylic acids is 1. The van der Waals surface area contributed by atoms with Crippen LogP contribution in [0.15, 0.2) is 4.79 Å². The Kier molecular flexibility index (Phi) is 3.99. The molecule has 0 aliphatic rings. The summed E-state index contributed by atoms with van der Waals surface area (Å²) in [7, 11) is 0. The Hall–Kier alpha value is -1.69. The summed E-state index contributed by atoms with van der Waals surface area (Å²) in [6.45, 7) is 4.00. The zero-order chi connectivity index (χ0) is 14.0. The molecule has 102 valence electrons. The van der Waals surface area contributed by atoms with Gasteiger partial charge >= 0.3 is 5.97 Å². The highest BCUT2D eigenvalue weighted by molar-refractivity contribution is 7.18. The second-order valence-electron chi connectivity index (χ2n) is 4.44. The lowest BCUT2D eigenvalue weighted by Crippen LogP contribution is -2.12. The van der Waals surface area contributed by atoms with E-state index in [4.69, 9.17) is 5.11 Å². The Labute approximate surface area is 114 Å². The van der Waals surface area contributed by atoms with Crippen LogP contribution in [0.5, 0.6) is 0 Å². The third-order valence-electron chi connectivity index (χ3n) is 3.07. The maximum atomic E-state index is 12.0. The van der Waals surface area contributed by atoms with E-state index in [1.54, 1.807) is 11.3 Å². The third kappa shape index (κ3) is 2.84. The molecule has 0 bridgehead atoms. The number of hydrogen-bond donors (Lipinski definition) is 2. The molecule has 2 rings (SSSR count). The number of nitrogens with one attached hydrogen (secondary N) is 1. The van der Waals surface area contributed by atoms with Crippen LogP contribution in [0.25, 0.3) is 10.2 Å². The molecule has 0 amide bonds. The van der Waals surface area contributed by atoms with Gasteiger partial charge in [-0.1, -0.05) is 6.92 Å². The third-order valence-corrected chi connectivity index (χ3v) is 4.40. The fourth-order valence-corrected chi connectivity index (χ4v) is 3.23. The Morgan fingerprint density at radius 1 is 1.47 bits per heavy atom. The van der Waals surface area contributed by atoms with Gasteiger partial charge in [0.25, 0.3) is 5.56 Å². The van der Waals surface area contributed by atoms with Crippen LogP contribution in [0, 0.1) is 6.92 Å². The minimum Gasteiger partial charge on any atom is -0.481 e. The van der Waals surface area contributed by atoms with Crippen LogP contribution >= 0.6 is 11.3 Å². The first-order chi connectivity index (χ1) is 9.02. The fourth-order valence-electron chi connectivity index (χ4n) is 2.10. The van der Waals surface area contributed by atoms with Crippen LogP contribution in [0.1, 0.15) is 36.0 Å². The van der Waals surface area contributed by atoms with Crippen molar-refractivity contribution in [2.75, 3.05) is 0 Å². The molecule has 19 heavy (non-hydrogen) atoms. The summed E-state index contributed by atoms with van der Waals surface area (Å²) in [5.74, 6) is -0.258. The van der Waals surface area contributed by atoms with Crippen LogP contribution in [0.4, 0.5) is 0 Å². The first-order valence-corrected chi connectivity index (χ1v) is 7.07. The average molecular weight is 280 g/mol. The summed E-state index contributed by atoms with van der Waals surface area (Å²) in [6.07, 6.45) is 1.94. The van der Waals surface area contributed by atoms with Crippen molar-refractivity contribution in [1.29, 1.82) is 0 Å². The van der Waals surface area contributed by atoms with Crippen molar-refractivity contribution in [1.82, 2.24) is 9.97 Å². The SMILES string of the molecule is CCc1sc2nc(CCCC(=O)O)[nH]c(=O)c2c1C. The number of fused-ring (bicyclic) bond motifs is 1. The second-order valence-corrected chi connectivity index (χ2v) is 5.53. The maximum absolute atomic E-state index is 12.0. The Morgan fingerprint density at radius 2 is 2.21 bits per heavy atom. The molecule has 0 aliphatic carbocycles. The second kappa shape index (κ2) is 5.52. The number of carbonyl (C=O) groups is 1. The maximum Gasteiger partial charge on any atom is 0.303 e. The van der Waals surface area contributed by atoms with E-state index < -0.39 is 5.97 Å². The monoisotopic (exact) mass is 280 g/mol. The highest BCUT2D eigenvalue weighted by Gasteiger charge is 2.13. The molecule has 0 aliphatic heterocycles. The number of nitrogens with zero attached hydrogens (tertiary/aromatic N) is 1. The molecule has 2 aromatic rings. The minimum atomic E-state index is -0.830. The van der Waals surface area contributed by atoms with Gasteiger partial charge in [0.15, 0.2) is 0 Å². The lowest BCUT2D eigenvalue weighted by molar-refractivity contribution is -0.137. The summed E-state index contributed by atoms with van der Waals surface area (Å²) in [5, 5.41) is 9.27. The van der Waals surface area contributed by atoms with Crippen molar-refractivity contribution in [3.05, 3.63) is 26.6 Å². The average Bonchev–Trinajstić information content (AvgIpc) is 2.66. The zero-order valence-electron chi connectivity index (χ0n) is 10.9. The first kappa shape index (κ1) is 13.7. The fraction of sp³-hybridized carbons (Fsp3) is 0.462. The van der Waals surface area contributed by atoms with Gasteiger partial charge in [-0.2, -0.15) is 0 Å². The van der Waals surface area contributed by atoms with Gasteiger partial charge in [0.1, 0.15) is 10.7 Å². The van der Waals surface area contributed by atoms with Crippen LogP contribution in [0.3, 0.4) is 0 Å². The number of carboxylic acids is 1. The molecule has 0 saturated carbocycles. The summed E-state index contributed by atoms with van der Waals surface area (Å²) in [6, 6.07) is 0. The van der Waals surface area contributed by atoms with E-state index in [-0.39, 0.29) is 12.0 Å². The highest BCUT2D eigenvalue weighted by Crippen LogP contribution is 2.27. The smallest absolute Gasteiger partial charge is 0.303 e. The zero-order valence-corrected chi connectivity index (χ0v) is 11.8. The molecular formula is C13H16N2O3S. The molecule has 5 nitrogen and oxygen atoms in total. The van der Waals surface area contributed by atoms with Crippen LogP contribution in [-0.4, -0.2) is 21.0 Å². The molecule has 2 heterocycles. The normalized spacial score (nSPS) is 11.1. The lowest BCUT2D eigenvalue weighted by atomic mass is 10.2. The molecule has 2 N–H and O–H groups in total. The van der Waals surface area contributed by atoms with E-state index in [9.17, 15) is 9.59 Å². The van der Waals surface area contributed by atoms with Gasteiger partial charge in [-0.3, -0.25) is 9.59 Å². The number of H-pyrrole nitrogens is 1.